The molecule has 1 amide bonds. The molecule has 0 radical (unpaired) electrons. The Morgan fingerprint density at radius 3 is 2.52 bits per heavy atom. The van der Waals surface area contributed by atoms with Gasteiger partial charge in [-0.1, -0.05) is 55.5 Å². The predicted molar refractivity (Wildman–Crippen MR) is 119 cm³/mol. The van der Waals surface area contributed by atoms with Crippen LogP contribution in [0.5, 0.6) is 5.75 Å². The van der Waals surface area contributed by atoms with Crippen molar-refractivity contribution in [1.82, 2.24) is 0 Å². The minimum absolute atomic E-state index is 0.0863. The first-order valence-electron chi connectivity index (χ1n) is 9.93. The first-order chi connectivity index (χ1) is 14.1. The fourth-order valence-corrected chi connectivity index (χ4v) is 3.40. The molecule has 29 heavy (non-hydrogen) atoms. The van der Waals surface area contributed by atoms with Crippen molar-refractivity contribution < 1.29 is 9.53 Å². The number of fused-ring (bicyclic) bond motifs is 1. The van der Waals surface area contributed by atoms with Crippen LogP contribution in [0.3, 0.4) is 0 Å². The maximum atomic E-state index is 13.1. The van der Waals surface area contributed by atoms with Gasteiger partial charge in [-0.3, -0.25) is 4.79 Å². The van der Waals surface area contributed by atoms with Gasteiger partial charge in [0.15, 0.2) is 0 Å². The van der Waals surface area contributed by atoms with Crippen LogP contribution in [-0.4, -0.2) is 17.7 Å². The monoisotopic (exact) mass is 384 g/mol. The fraction of sp³-hybridized carbons (Fsp3) is 0.200. The number of benzene rings is 3. The molecule has 1 aliphatic heterocycles. The fourth-order valence-electron chi connectivity index (χ4n) is 3.40. The number of carbonyl (C=O) groups is 1. The molecule has 3 aromatic rings. The maximum Gasteiger partial charge on any atom is 0.280 e. The van der Waals surface area contributed by atoms with E-state index in [0.29, 0.717) is 11.3 Å². The molecule has 0 saturated carbocycles. The van der Waals surface area contributed by atoms with Crippen molar-refractivity contribution >= 4 is 34.2 Å². The van der Waals surface area contributed by atoms with Crippen LogP contribution >= 0.6 is 0 Å². The third kappa shape index (κ3) is 3.66. The van der Waals surface area contributed by atoms with Gasteiger partial charge in [-0.15, -0.1) is 0 Å². The normalized spacial score (nSPS) is 16.4. The summed E-state index contributed by atoms with van der Waals surface area (Å²) >= 11 is 0. The molecule has 0 spiro atoms. The van der Waals surface area contributed by atoms with Gasteiger partial charge in [0.1, 0.15) is 5.75 Å². The molecule has 1 atom stereocenters. The Morgan fingerprint density at radius 1 is 1.03 bits per heavy atom. The molecule has 0 N–H and O–H groups in total. The van der Waals surface area contributed by atoms with Crippen molar-refractivity contribution in [3.8, 4) is 5.75 Å². The van der Waals surface area contributed by atoms with E-state index >= 15 is 0 Å². The molecular formula is C25H24N2O2. The number of hydrogen-bond acceptors (Lipinski definition) is 3. The Balaban J connectivity index is 1.82. The molecule has 0 fully saturated rings. The topological polar surface area (TPSA) is 41.9 Å². The Bertz CT molecular complexity index is 1120. The van der Waals surface area contributed by atoms with Crippen molar-refractivity contribution in [1.29, 1.82) is 0 Å². The summed E-state index contributed by atoms with van der Waals surface area (Å²) in [4.78, 5) is 13.1. The first kappa shape index (κ1) is 18.9. The Morgan fingerprint density at radius 2 is 1.76 bits per heavy atom. The molecule has 0 unspecified atom stereocenters. The van der Waals surface area contributed by atoms with E-state index in [-0.39, 0.29) is 12.0 Å². The number of ether oxygens (including phenoxy) is 1. The summed E-state index contributed by atoms with van der Waals surface area (Å²) in [5.74, 6) is 0.653. The van der Waals surface area contributed by atoms with E-state index in [0.717, 1.165) is 34.2 Å². The van der Waals surface area contributed by atoms with E-state index in [4.69, 9.17) is 4.74 Å². The second-order valence-electron chi connectivity index (χ2n) is 7.23. The largest absolute Gasteiger partial charge is 0.490 e. The van der Waals surface area contributed by atoms with Crippen LogP contribution in [0.2, 0.25) is 0 Å². The minimum atomic E-state index is -0.129. The number of amides is 1. The Hall–Kier alpha value is -3.40. The van der Waals surface area contributed by atoms with Crippen LogP contribution in [0, 0.1) is 0 Å². The summed E-state index contributed by atoms with van der Waals surface area (Å²) < 4.78 is 6.19. The van der Waals surface area contributed by atoms with E-state index in [2.05, 4.69) is 37.1 Å². The third-order valence-electron chi connectivity index (χ3n) is 5.19. The molecule has 4 nitrogen and oxygen atoms in total. The first-order valence-corrected chi connectivity index (χ1v) is 9.93. The van der Waals surface area contributed by atoms with Crippen LogP contribution in [-0.2, 0) is 4.79 Å². The van der Waals surface area contributed by atoms with Gasteiger partial charge in [0, 0.05) is 5.56 Å². The molecule has 0 aliphatic carbocycles. The molecule has 3 aromatic carbocycles. The van der Waals surface area contributed by atoms with Gasteiger partial charge < -0.3 is 4.74 Å². The van der Waals surface area contributed by atoms with Gasteiger partial charge in [-0.05, 0) is 55.3 Å². The van der Waals surface area contributed by atoms with Crippen LogP contribution in [0.4, 0.5) is 5.69 Å². The summed E-state index contributed by atoms with van der Waals surface area (Å²) in [6.07, 6.45) is 2.91. The molecule has 1 aliphatic rings. The van der Waals surface area contributed by atoms with Gasteiger partial charge in [-0.2, -0.15) is 10.1 Å². The average Bonchev–Trinajstić information content (AvgIpc) is 3.04. The van der Waals surface area contributed by atoms with Crippen molar-refractivity contribution in [3.05, 3.63) is 77.9 Å². The van der Waals surface area contributed by atoms with Gasteiger partial charge in [0.2, 0.25) is 0 Å². The Labute approximate surface area is 171 Å². The molecule has 146 valence electrons. The van der Waals surface area contributed by atoms with E-state index in [1.807, 2.05) is 61.5 Å². The van der Waals surface area contributed by atoms with E-state index in [9.17, 15) is 4.79 Å². The van der Waals surface area contributed by atoms with Gasteiger partial charge >= 0.3 is 0 Å². The van der Waals surface area contributed by atoms with Gasteiger partial charge in [-0.25, -0.2) is 0 Å². The molecule has 0 saturated heterocycles. The van der Waals surface area contributed by atoms with Crippen molar-refractivity contribution in [2.24, 2.45) is 5.10 Å². The Kier molecular flexibility index (Phi) is 5.17. The van der Waals surface area contributed by atoms with Gasteiger partial charge in [0.05, 0.1) is 23.1 Å². The number of anilines is 1. The van der Waals surface area contributed by atoms with Crippen LogP contribution in [0.1, 0.15) is 32.8 Å². The van der Waals surface area contributed by atoms with E-state index < -0.39 is 0 Å². The number of para-hydroxylation sites is 1. The van der Waals surface area contributed by atoms with Crippen LogP contribution in [0.15, 0.2) is 77.4 Å². The lowest BCUT2D eigenvalue weighted by Crippen LogP contribution is -2.21. The number of hydrogen-bond donors (Lipinski definition) is 0. The van der Waals surface area contributed by atoms with Crippen LogP contribution < -0.4 is 9.75 Å². The third-order valence-corrected chi connectivity index (χ3v) is 5.19. The highest BCUT2D eigenvalue weighted by Crippen LogP contribution is 2.33. The summed E-state index contributed by atoms with van der Waals surface area (Å²) in [6.45, 7) is 6.02. The van der Waals surface area contributed by atoms with Gasteiger partial charge in [0.25, 0.3) is 5.91 Å². The average molecular weight is 384 g/mol. The molecule has 0 bridgehead atoms. The summed E-state index contributed by atoms with van der Waals surface area (Å²) in [7, 11) is 0. The molecule has 4 rings (SSSR count). The molecule has 4 heteroatoms. The highest BCUT2D eigenvalue weighted by atomic mass is 16.5. The lowest BCUT2D eigenvalue weighted by atomic mass is 9.99. The zero-order valence-electron chi connectivity index (χ0n) is 16.9. The highest BCUT2D eigenvalue weighted by molar-refractivity contribution is 6.32. The zero-order valence-corrected chi connectivity index (χ0v) is 16.9. The second kappa shape index (κ2) is 7.92. The zero-order chi connectivity index (χ0) is 20.4. The number of nitrogens with zero attached hydrogens (tertiary/aromatic N) is 2. The standard InChI is InChI=1S/C25H24N2O2/c1-4-17(2)29-24-15-14-19-10-8-9-13-21(19)23(24)16-22-18(3)26-27(25(22)28)20-11-6-5-7-12-20/h5-17H,4H2,1-3H3/b22-16+/t17-/m1/s1. The molecule has 1 heterocycles. The smallest absolute Gasteiger partial charge is 0.280 e. The quantitative estimate of drug-likeness (QED) is 0.520. The number of rotatable bonds is 5. The SMILES string of the molecule is CC[C@@H](C)Oc1ccc2ccccc2c1/C=C1/C(=O)N(c2ccccc2)N=C1C. The van der Waals surface area contributed by atoms with Crippen molar-refractivity contribution in [2.75, 3.05) is 5.01 Å². The number of hydrazone groups is 1. The minimum Gasteiger partial charge on any atom is -0.490 e. The summed E-state index contributed by atoms with van der Waals surface area (Å²) in [5, 5.41) is 8.12. The van der Waals surface area contributed by atoms with Crippen molar-refractivity contribution in [2.45, 2.75) is 33.3 Å². The van der Waals surface area contributed by atoms with Crippen molar-refractivity contribution in [3.63, 3.8) is 0 Å². The maximum absolute atomic E-state index is 13.1. The lowest BCUT2D eigenvalue weighted by Gasteiger charge is -2.17. The van der Waals surface area contributed by atoms with Crippen LogP contribution in [0.25, 0.3) is 16.8 Å². The second-order valence-corrected chi connectivity index (χ2v) is 7.23. The molecule has 0 aromatic heterocycles. The summed E-state index contributed by atoms with van der Waals surface area (Å²) in [6, 6.07) is 21.7. The van der Waals surface area contributed by atoms with E-state index in [1.54, 1.807) is 0 Å². The lowest BCUT2D eigenvalue weighted by molar-refractivity contribution is -0.114. The van der Waals surface area contributed by atoms with E-state index in [1.165, 1.54) is 5.01 Å². The summed E-state index contributed by atoms with van der Waals surface area (Å²) in [5.41, 5.74) is 2.95. The number of carbonyl (C=O) groups excluding carboxylic acids is 1. The highest BCUT2D eigenvalue weighted by Gasteiger charge is 2.29. The predicted octanol–water partition coefficient (Wildman–Crippen LogP) is 5.82. The molecular weight excluding hydrogens is 360 g/mol.